The summed E-state index contributed by atoms with van der Waals surface area (Å²) in [5.74, 6) is -0.409. The monoisotopic (exact) mass is 246 g/mol. The van der Waals surface area contributed by atoms with Gasteiger partial charge in [-0.1, -0.05) is 30.1 Å². The molecule has 0 bridgehead atoms. The maximum atomic E-state index is 11.0. The fourth-order valence-corrected chi connectivity index (χ4v) is 1.51. The zero-order chi connectivity index (χ0) is 11.4. The highest BCUT2D eigenvalue weighted by molar-refractivity contribution is 6.35. The Morgan fingerprint density at radius 2 is 2.20 bits per heavy atom. The van der Waals surface area contributed by atoms with Crippen molar-refractivity contribution in [2.45, 2.75) is 19.4 Å². The largest absolute Gasteiger partial charge is 0.372 e. The summed E-state index contributed by atoms with van der Waals surface area (Å²) in [6, 6.07) is 4.58. The minimum atomic E-state index is -0.430. The van der Waals surface area contributed by atoms with Crippen molar-refractivity contribution in [3.05, 3.63) is 28.2 Å². The number of primary amides is 1. The van der Waals surface area contributed by atoms with Crippen LogP contribution >= 0.6 is 23.2 Å². The molecule has 0 saturated carbocycles. The molecule has 1 aromatic carbocycles. The molecule has 1 amide bonds. The van der Waals surface area contributed by atoms with E-state index in [9.17, 15) is 4.79 Å². The molecule has 3 nitrogen and oxygen atoms in total. The van der Waals surface area contributed by atoms with Crippen molar-refractivity contribution in [3.8, 4) is 0 Å². The molecule has 0 radical (unpaired) electrons. The number of amides is 1. The maximum absolute atomic E-state index is 11.0. The van der Waals surface area contributed by atoms with Gasteiger partial charge in [0.15, 0.2) is 0 Å². The SMILES string of the molecule is CCC(Nc1cc(Cl)ccc1Cl)C(N)=O. The Labute approximate surface area is 98.5 Å². The van der Waals surface area contributed by atoms with Gasteiger partial charge in [-0.2, -0.15) is 0 Å². The summed E-state index contributed by atoms with van der Waals surface area (Å²) in [5, 5.41) is 4.02. The molecule has 0 aliphatic heterocycles. The van der Waals surface area contributed by atoms with Crippen LogP contribution in [0.25, 0.3) is 0 Å². The molecule has 1 unspecified atom stereocenters. The van der Waals surface area contributed by atoms with Gasteiger partial charge in [-0.15, -0.1) is 0 Å². The number of nitrogens with two attached hydrogens (primary N) is 1. The minimum Gasteiger partial charge on any atom is -0.372 e. The van der Waals surface area contributed by atoms with E-state index in [4.69, 9.17) is 28.9 Å². The van der Waals surface area contributed by atoms with Crippen molar-refractivity contribution in [3.63, 3.8) is 0 Å². The molecule has 1 aromatic rings. The van der Waals surface area contributed by atoms with Crippen LogP contribution in [-0.4, -0.2) is 11.9 Å². The fraction of sp³-hybridized carbons (Fsp3) is 0.300. The number of rotatable bonds is 4. The van der Waals surface area contributed by atoms with Crippen LogP contribution in [0.1, 0.15) is 13.3 Å². The zero-order valence-corrected chi connectivity index (χ0v) is 9.77. The Morgan fingerprint density at radius 1 is 1.53 bits per heavy atom. The fourth-order valence-electron chi connectivity index (χ4n) is 1.17. The quantitative estimate of drug-likeness (QED) is 0.859. The standard InChI is InChI=1S/C10H12Cl2N2O/c1-2-8(10(13)15)14-9-5-6(11)3-4-7(9)12/h3-5,8,14H,2H2,1H3,(H2,13,15). The number of anilines is 1. The zero-order valence-electron chi connectivity index (χ0n) is 8.26. The molecule has 3 N–H and O–H groups in total. The summed E-state index contributed by atoms with van der Waals surface area (Å²) in [6.07, 6.45) is 0.595. The van der Waals surface area contributed by atoms with Crippen LogP contribution in [-0.2, 0) is 4.79 Å². The third-order valence-electron chi connectivity index (χ3n) is 2.01. The Kier molecular flexibility index (Phi) is 4.24. The molecule has 0 fully saturated rings. The second-order valence-corrected chi connectivity index (χ2v) is 3.98. The number of nitrogens with one attached hydrogen (secondary N) is 1. The van der Waals surface area contributed by atoms with E-state index >= 15 is 0 Å². The van der Waals surface area contributed by atoms with E-state index in [1.54, 1.807) is 18.2 Å². The number of halogens is 2. The lowest BCUT2D eigenvalue weighted by atomic mass is 10.2. The van der Waals surface area contributed by atoms with Crippen molar-refractivity contribution < 1.29 is 4.79 Å². The van der Waals surface area contributed by atoms with Crippen molar-refractivity contribution in [1.82, 2.24) is 0 Å². The van der Waals surface area contributed by atoms with E-state index in [0.717, 1.165) is 0 Å². The minimum absolute atomic E-state index is 0.409. The number of hydrogen-bond acceptors (Lipinski definition) is 2. The number of carbonyl (C=O) groups excluding carboxylic acids is 1. The first kappa shape index (κ1) is 12.1. The van der Waals surface area contributed by atoms with Gasteiger partial charge in [0.2, 0.25) is 5.91 Å². The lowest BCUT2D eigenvalue weighted by molar-refractivity contribution is -0.118. The smallest absolute Gasteiger partial charge is 0.239 e. The van der Waals surface area contributed by atoms with E-state index in [1.807, 2.05) is 6.92 Å². The predicted octanol–water partition coefficient (Wildman–Crippen LogP) is 2.67. The average Bonchev–Trinajstić information content (AvgIpc) is 2.18. The van der Waals surface area contributed by atoms with Crippen LogP contribution in [0, 0.1) is 0 Å². The highest BCUT2D eigenvalue weighted by Gasteiger charge is 2.13. The summed E-state index contributed by atoms with van der Waals surface area (Å²) < 4.78 is 0. The lowest BCUT2D eigenvalue weighted by Crippen LogP contribution is -2.34. The predicted molar refractivity (Wildman–Crippen MR) is 63.4 cm³/mol. The van der Waals surface area contributed by atoms with E-state index in [1.165, 1.54) is 0 Å². The van der Waals surface area contributed by atoms with Crippen molar-refractivity contribution in [2.75, 3.05) is 5.32 Å². The summed E-state index contributed by atoms with van der Waals surface area (Å²) >= 11 is 11.7. The Balaban J connectivity index is 2.87. The van der Waals surface area contributed by atoms with Gasteiger partial charge in [0.25, 0.3) is 0 Å². The van der Waals surface area contributed by atoms with Gasteiger partial charge < -0.3 is 11.1 Å². The Hall–Kier alpha value is -0.930. The van der Waals surface area contributed by atoms with E-state index < -0.39 is 11.9 Å². The van der Waals surface area contributed by atoms with Crippen LogP contribution in [0.2, 0.25) is 10.0 Å². The molecule has 1 atom stereocenters. The van der Waals surface area contributed by atoms with Gasteiger partial charge in [-0.25, -0.2) is 0 Å². The van der Waals surface area contributed by atoms with E-state index in [2.05, 4.69) is 5.32 Å². The van der Waals surface area contributed by atoms with Crippen LogP contribution in [0.15, 0.2) is 18.2 Å². The number of hydrogen-bond donors (Lipinski definition) is 2. The van der Waals surface area contributed by atoms with E-state index in [0.29, 0.717) is 22.2 Å². The molecule has 0 saturated heterocycles. The molecular formula is C10H12Cl2N2O. The summed E-state index contributed by atoms with van der Waals surface area (Å²) in [4.78, 5) is 11.0. The highest BCUT2D eigenvalue weighted by Crippen LogP contribution is 2.26. The second kappa shape index (κ2) is 5.24. The third-order valence-corrected chi connectivity index (χ3v) is 2.57. The first-order valence-electron chi connectivity index (χ1n) is 4.55. The molecule has 0 aliphatic carbocycles. The average molecular weight is 247 g/mol. The first-order chi connectivity index (χ1) is 7.04. The molecule has 5 heteroatoms. The summed E-state index contributed by atoms with van der Waals surface area (Å²) in [7, 11) is 0. The topological polar surface area (TPSA) is 55.1 Å². The van der Waals surface area contributed by atoms with Crippen LogP contribution in [0.4, 0.5) is 5.69 Å². The molecule has 0 heterocycles. The second-order valence-electron chi connectivity index (χ2n) is 3.13. The molecular weight excluding hydrogens is 235 g/mol. The van der Waals surface area contributed by atoms with Crippen LogP contribution < -0.4 is 11.1 Å². The highest BCUT2D eigenvalue weighted by atomic mass is 35.5. The molecule has 1 rings (SSSR count). The van der Waals surface area contributed by atoms with Gasteiger partial charge in [-0.05, 0) is 24.6 Å². The lowest BCUT2D eigenvalue weighted by Gasteiger charge is -2.15. The van der Waals surface area contributed by atoms with Gasteiger partial charge in [0.1, 0.15) is 6.04 Å². The van der Waals surface area contributed by atoms with Gasteiger partial charge in [0, 0.05) is 5.02 Å². The van der Waals surface area contributed by atoms with Crippen molar-refractivity contribution in [2.24, 2.45) is 5.73 Å². The normalized spacial score (nSPS) is 12.2. The summed E-state index contributed by atoms with van der Waals surface area (Å²) in [5.41, 5.74) is 5.83. The van der Waals surface area contributed by atoms with Crippen LogP contribution in [0.5, 0.6) is 0 Å². The first-order valence-corrected chi connectivity index (χ1v) is 5.31. The van der Waals surface area contributed by atoms with Crippen LogP contribution in [0.3, 0.4) is 0 Å². The molecule has 0 aliphatic rings. The molecule has 0 aromatic heterocycles. The maximum Gasteiger partial charge on any atom is 0.239 e. The number of carbonyl (C=O) groups is 1. The van der Waals surface area contributed by atoms with E-state index in [-0.39, 0.29) is 0 Å². The summed E-state index contributed by atoms with van der Waals surface area (Å²) in [6.45, 7) is 1.86. The number of benzene rings is 1. The van der Waals surface area contributed by atoms with Gasteiger partial charge in [0.05, 0.1) is 10.7 Å². The van der Waals surface area contributed by atoms with Gasteiger partial charge >= 0.3 is 0 Å². The Morgan fingerprint density at radius 3 is 2.73 bits per heavy atom. The molecule has 0 spiro atoms. The molecule has 15 heavy (non-hydrogen) atoms. The van der Waals surface area contributed by atoms with Gasteiger partial charge in [-0.3, -0.25) is 4.79 Å². The Bertz CT molecular complexity index is 368. The molecule has 82 valence electrons. The third kappa shape index (κ3) is 3.29. The van der Waals surface area contributed by atoms with Crippen molar-refractivity contribution >= 4 is 34.8 Å². The van der Waals surface area contributed by atoms with Crippen molar-refractivity contribution in [1.29, 1.82) is 0 Å².